The summed E-state index contributed by atoms with van der Waals surface area (Å²) in [7, 11) is 0. The molecule has 1 aromatic rings. The second-order valence-electron chi connectivity index (χ2n) is 3.34. The summed E-state index contributed by atoms with van der Waals surface area (Å²) in [5.41, 5.74) is 2.38. The molecule has 1 aromatic carbocycles. The van der Waals surface area contributed by atoms with E-state index in [0.717, 1.165) is 11.3 Å². The first kappa shape index (κ1) is 10.6. The lowest BCUT2D eigenvalue weighted by Gasteiger charge is -2.10. The molecular formula is C11H14N2O. The Morgan fingerprint density at radius 1 is 1.57 bits per heavy atom. The molecule has 1 rings (SSSR count). The van der Waals surface area contributed by atoms with Gasteiger partial charge >= 0.3 is 0 Å². The zero-order valence-electron chi connectivity index (χ0n) is 8.41. The summed E-state index contributed by atoms with van der Waals surface area (Å²) < 4.78 is 0. The quantitative estimate of drug-likeness (QED) is 0.762. The van der Waals surface area contributed by atoms with Crippen molar-refractivity contribution in [3.8, 4) is 6.07 Å². The van der Waals surface area contributed by atoms with E-state index in [1.54, 1.807) is 6.92 Å². The van der Waals surface area contributed by atoms with Crippen LogP contribution in [0.15, 0.2) is 18.2 Å². The van der Waals surface area contributed by atoms with Gasteiger partial charge in [-0.3, -0.25) is 0 Å². The van der Waals surface area contributed by atoms with Gasteiger partial charge in [0.05, 0.1) is 17.4 Å². The number of anilines is 1. The number of aliphatic hydroxyl groups excluding tert-OH is 1. The fourth-order valence-electron chi connectivity index (χ4n) is 1.22. The maximum atomic E-state index is 9.10. The van der Waals surface area contributed by atoms with E-state index in [9.17, 15) is 0 Å². The largest absolute Gasteiger partial charge is 0.392 e. The highest BCUT2D eigenvalue weighted by molar-refractivity contribution is 5.60. The van der Waals surface area contributed by atoms with Gasteiger partial charge in [0.25, 0.3) is 0 Å². The van der Waals surface area contributed by atoms with Gasteiger partial charge in [-0.1, -0.05) is 12.1 Å². The molecule has 0 saturated carbocycles. The van der Waals surface area contributed by atoms with Crippen molar-refractivity contribution in [2.45, 2.75) is 20.0 Å². The molecule has 0 amide bonds. The minimum absolute atomic E-state index is 0.415. The lowest BCUT2D eigenvalue weighted by Crippen LogP contribution is -2.16. The number of nitrogens with zero attached hydrogens (tertiary/aromatic N) is 1. The van der Waals surface area contributed by atoms with Crippen LogP contribution in [0.2, 0.25) is 0 Å². The third kappa shape index (κ3) is 2.48. The Kier molecular flexibility index (Phi) is 3.49. The van der Waals surface area contributed by atoms with Crippen LogP contribution in [0.25, 0.3) is 0 Å². The van der Waals surface area contributed by atoms with Gasteiger partial charge in [0.2, 0.25) is 0 Å². The first-order chi connectivity index (χ1) is 6.65. The normalized spacial score (nSPS) is 11.9. The van der Waals surface area contributed by atoms with Crippen LogP contribution >= 0.6 is 0 Å². The highest BCUT2D eigenvalue weighted by Gasteiger charge is 2.04. The van der Waals surface area contributed by atoms with Crippen LogP contribution in [0.3, 0.4) is 0 Å². The second kappa shape index (κ2) is 4.64. The van der Waals surface area contributed by atoms with Gasteiger partial charge in [0.15, 0.2) is 0 Å². The fourth-order valence-corrected chi connectivity index (χ4v) is 1.22. The third-order valence-corrected chi connectivity index (χ3v) is 1.97. The van der Waals surface area contributed by atoms with Crippen LogP contribution in [0, 0.1) is 18.3 Å². The Bertz CT molecular complexity index is 353. The molecule has 3 heteroatoms. The number of rotatable bonds is 3. The van der Waals surface area contributed by atoms with Gasteiger partial charge in [0, 0.05) is 6.54 Å². The number of nitrogens with one attached hydrogen (secondary N) is 1. The number of hydrogen-bond donors (Lipinski definition) is 2. The molecule has 1 atom stereocenters. The molecular weight excluding hydrogens is 176 g/mol. The van der Waals surface area contributed by atoms with E-state index in [4.69, 9.17) is 10.4 Å². The van der Waals surface area contributed by atoms with Crippen molar-refractivity contribution in [2.75, 3.05) is 11.9 Å². The van der Waals surface area contributed by atoms with Crippen molar-refractivity contribution in [1.29, 1.82) is 5.26 Å². The Balaban J connectivity index is 2.87. The maximum absolute atomic E-state index is 9.10. The van der Waals surface area contributed by atoms with Crippen molar-refractivity contribution in [3.63, 3.8) is 0 Å². The first-order valence-electron chi connectivity index (χ1n) is 4.56. The standard InChI is InChI=1S/C11H14N2O/c1-8-4-3-5-11(10(8)6-12)13-7-9(2)14/h3-5,9,13-14H,7H2,1-2H3/t9-/m1/s1. The van der Waals surface area contributed by atoms with Crippen molar-refractivity contribution in [2.24, 2.45) is 0 Å². The van der Waals surface area contributed by atoms with Crippen molar-refractivity contribution >= 4 is 5.69 Å². The van der Waals surface area contributed by atoms with Crippen molar-refractivity contribution < 1.29 is 5.11 Å². The van der Waals surface area contributed by atoms with Crippen LogP contribution < -0.4 is 5.32 Å². The molecule has 14 heavy (non-hydrogen) atoms. The van der Waals surface area contributed by atoms with Gasteiger partial charge in [-0.2, -0.15) is 5.26 Å². The van der Waals surface area contributed by atoms with Gasteiger partial charge in [-0.05, 0) is 25.5 Å². The van der Waals surface area contributed by atoms with Crippen LogP contribution in [-0.2, 0) is 0 Å². The van der Waals surface area contributed by atoms with Crippen LogP contribution in [-0.4, -0.2) is 17.8 Å². The van der Waals surface area contributed by atoms with Gasteiger partial charge in [0.1, 0.15) is 6.07 Å². The topological polar surface area (TPSA) is 56.0 Å². The molecule has 0 aliphatic carbocycles. The molecule has 0 radical (unpaired) electrons. The van der Waals surface area contributed by atoms with E-state index in [1.807, 2.05) is 25.1 Å². The summed E-state index contributed by atoms with van der Waals surface area (Å²) in [6.45, 7) is 4.05. The van der Waals surface area contributed by atoms with Gasteiger partial charge in [-0.25, -0.2) is 0 Å². The summed E-state index contributed by atoms with van der Waals surface area (Å²) in [6.07, 6.45) is -0.415. The molecule has 0 unspecified atom stereocenters. The predicted octanol–water partition coefficient (Wildman–Crippen LogP) is 1.66. The Hall–Kier alpha value is -1.53. The molecule has 0 aliphatic heterocycles. The summed E-state index contributed by atoms with van der Waals surface area (Å²) in [4.78, 5) is 0. The highest BCUT2D eigenvalue weighted by atomic mass is 16.3. The molecule has 0 spiro atoms. The Morgan fingerprint density at radius 2 is 2.29 bits per heavy atom. The lowest BCUT2D eigenvalue weighted by molar-refractivity contribution is 0.208. The monoisotopic (exact) mass is 190 g/mol. The van der Waals surface area contributed by atoms with Gasteiger partial charge in [-0.15, -0.1) is 0 Å². The molecule has 0 aromatic heterocycles. The number of aryl methyl sites for hydroxylation is 1. The van der Waals surface area contributed by atoms with Crippen LogP contribution in [0.4, 0.5) is 5.69 Å². The van der Waals surface area contributed by atoms with Crippen molar-refractivity contribution in [1.82, 2.24) is 0 Å². The average Bonchev–Trinajstić information content (AvgIpc) is 2.14. The fraction of sp³-hybridized carbons (Fsp3) is 0.364. The first-order valence-corrected chi connectivity index (χ1v) is 4.56. The smallest absolute Gasteiger partial charge is 0.102 e. The molecule has 3 nitrogen and oxygen atoms in total. The molecule has 0 saturated heterocycles. The zero-order chi connectivity index (χ0) is 10.6. The van der Waals surface area contributed by atoms with Gasteiger partial charge < -0.3 is 10.4 Å². The van der Waals surface area contributed by atoms with E-state index < -0.39 is 6.10 Å². The number of nitriles is 1. The summed E-state index contributed by atoms with van der Waals surface area (Å²) in [5.74, 6) is 0. The van der Waals surface area contributed by atoms with E-state index >= 15 is 0 Å². The lowest BCUT2D eigenvalue weighted by atomic mass is 10.1. The average molecular weight is 190 g/mol. The number of hydrogen-bond acceptors (Lipinski definition) is 3. The number of benzene rings is 1. The highest BCUT2D eigenvalue weighted by Crippen LogP contribution is 2.17. The third-order valence-electron chi connectivity index (χ3n) is 1.97. The van der Waals surface area contributed by atoms with E-state index in [0.29, 0.717) is 12.1 Å². The Labute approximate surface area is 84.0 Å². The summed E-state index contributed by atoms with van der Waals surface area (Å²) >= 11 is 0. The van der Waals surface area contributed by atoms with E-state index in [2.05, 4.69) is 11.4 Å². The SMILES string of the molecule is Cc1cccc(NC[C@@H](C)O)c1C#N. The van der Waals surface area contributed by atoms with Crippen LogP contribution in [0.1, 0.15) is 18.1 Å². The molecule has 2 N–H and O–H groups in total. The van der Waals surface area contributed by atoms with Crippen LogP contribution in [0.5, 0.6) is 0 Å². The van der Waals surface area contributed by atoms with E-state index in [-0.39, 0.29) is 0 Å². The molecule has 0 fully saturated rings. The van der Waals surface area contributed by atoms with E-state index in [1.165, 1.54) is 0 Å². The minimum Gasteiger partial charge on any atom is -0.392 e. The van der Waals surface area contributed by atoms with Crippen molar-refractivity contribution in [3.05, 3.63) is 29.3 Å². The molecule has 0 bridgehead atoms. The minimum atomic E-state index is -0.415. The number of aliphatic hydroxyl groups is 1. The summed E-state index contributed by atoms with van der Waals surface area (Å²) in [6, 6.07) is 7.77. The second-order valence-corrected chi connectivity index (χ2v) is 3.34. The molecule has 0 aliphatic rings. The molecule has 0 heterocycles. The maximum Gasteiger partial charge on any atom is 0.102 e. The molecule has 74 valence electrons. The Morgan fingerprint density at radius 3 is 2.86 bits per heavy atom. The zero-order valence-corrected chi connectivity index (χ0v) is 8.41. The predicted molar refractivity (Wildman–Crippen MR) is 56.1 cm³/mol. The summed E-state index contributed by atoms with van der Waals surface area (Å²) in [5, 5.41) is 21.0.